The minimum absolute atomic E-state index is 0.0701. The van der Waals surface area contributed by atoms with Gasteiger partial charge in [0.1, 0.15) is 17.5 Å². The van der Waals surface area contributed by atoms with Crippen molar-refractivity contribution < 1.29 is 24.4 Å². The first kappa shape index (κ1) is 14.9. The van der Waals surface area contributed by atoms with E-state index in [-0.39, 0.29) is 12.3 Å². The van der Waals surface area contributed by atoms with Crippen LogP contribution in [0.4, 0.5) is 4.39 Å². The third kappa shape index (κ3) is 2.31. The fourth-order valence-electron chi connectivity index (χ4n) is 2.35. The standard InChI is InChI=1S/C12H18FN3O4/c1-2-4-12(6-17)9(18)8(13)10(20-12)16-5-3-7(14)15-11(16)19/h2-3,5,8-11,17-19H,1,4,6H2,(H2,14,15)/t8-,9+,10-,11?,12-/m1/s1. The van der Waals surface area contributed by atoms with Gasteiger partial charge in [-0.15, -0.1) is 6.58 Å². The van der Waals surface area contributed by atoms with Crippen LogP contribution in [0.2, 0.25) is 0 Å². The fourth-order valence-corrected chi connectivity index (χ4v) is 2.35. The number of amidine groups is 1. The van der Waals surface area contributed by atoms with Gasteiger partial charge < -0.3 is 30.7 Å². The molecule has 5 N–H and O–H groups in total. The zero-order chi connectivity index (χ0) is 14.9. The molecule has 0 aromatic heterocycles. The summed E-state index contributed by atoms with van der Waals surface area (Å²) in [7, 11) is 0. The van der Waals surface area contributed by atoms with Gasteiger partial charge in [-0.3, -0.25) is 0 Å². The van der Waals surface area contributed by atoms with Gasteiger partial charge in [0.25, 0.3) is 0 Å². The van der Waals surface area contributed by atoms with E-state index in [1.54, 1.807) is 0 Å². The Hall–Kier alpha value is -1.48. The topological polar surface area (TPSA) is 112 Å². The van der Waals surface area contributed by atoms with Crippen molar-refractivity contribution in [3.05, 3.63) is 24.9 Å². The van der Waals surface area contributed by atoms with Crippen LogP contribution in [-0.2, 0) is 4.74 Å². The summed E-state index contributed by atoms with van der Waals surface area (Å²) in [6, 6.07) is 0. The second kappa shape index (κ2) is 5.49. The molecule has 2 aliphatic rings. The summed E-state index contributed by atoms with van der Waals surface area (Å²) in [5.41, 5.74) is 3.93. The van der Waals surface area contributed by atoms with Gasteiger partial charge in [-0.1, -0.05) is 6.08 Å². The Morgan fingerprint density at radius 1 is 1.60 bits per heavy atom. The van der Waals surface area contributed by atoms with Gasteiger partial charge in [0.2, 0.25) is 6.35 Å². The van der Waals surface area contributed by atoms with E-state index in [9.17, 15) is 19.7 Å². The number of aliphatic hydroxyl groups excluding tert-OH is 3. The molecule has 0 aliphatic carbocycles. The van der Waals surface area contributed by atoms with Crippen LogP contribution in [-0.4, -0.2) is 63.1 Å². The van der Waals surface area contributed by atoms with Crippen molar-refractivity contribution in [1.29, 1.82) is 0 Å². The number of aliphatic imine (C=N–C) groups is 1. The Balaban J connectivity index is 2.22. The molecule has 2 rings (SSSR count). The molecule has 1 saturated heterocycles. The second-order valence-electron chi connectivity index (χ2n) is 4.78. The van der Waals surface area contributed by atoms with Gasteiger partial charge in [0, 0.05) is 6.20 Å². The summed E-state index contributed by atoms with van der Waals surface area (Å²) in [6.45, 7) is 2.93. The van der Waals surface area contributed by atoms with Crippen LogP contribution in [0.15, 0.2) is 29.9 Å². The molecule has 2 aliphatic heterocycles. The monoisotopic (exact) mass is 287 g/mol. The molecule has 2 heterocycles. The lowest BCUT2D eigenvalue weighted by Crippen LogP contribution is -2.46. The zero-order valence-corrected chi connectivity index (χ0v) is 10.8. The number of rotatable bonds is 4. The number of ether oxygens (including phenoxy) is 1. The van der Waals surface area contributed by atoms with Gasteiger partial charge in [0.05, 0.1) is 6.61 Å². The van der Waals surface area contributed by atoms with Gasteiger partial charge >= 0.3 is 0 Å². The van der Waals surface area contributed by atoms with Gasteiger partial charge in [-0.2, -0.15) is 0 Å². The molecule has 1 fully saturated rings. The maximum absolute atomic E-state index is 14.3. The predicted molar refractivity (Wildman–Crippen MR) is 69.0 cm³/mol. The summed E-state index contributed by atoms with van der Waals surface area (Å²) < 4.78 is 19.7. The summed E-state index contributed by atoms with van der Waals surface area (Å²) in [5, 5.41) is 29.2. The van der Waals surface area contributed by atoms with E-state index < -0.39 is 37.1 Å². The van der Waals surface area contributed by atoms with Crippen LogP contribution >= 0.6 is 0 Å². The molecule has 0 saturated carbocycles. The average Bonchev–Trinajstić information content (AvgIpc) is 2.65. The smallest absolute Gasteiger partial charge is 0.229 e. The molecular formula is C12H18FN3O4. The van der Waals surface area contributed by atoms with E-state index in [2.05, 4.69) is 11.6 Å². The third-order valence-electron chi connectivity index (χ3n) is 3.47. The Morgan fingerprint density at radius 3 is 2.85 bits per heavy atom. The molecule has 20 heavy (non-hydrogen) atoms. The van der Waals surface area contributed by atoms with Crippen molar-refractivity contribution in [2.45, 2.75) is 36.9 Å². The number of aliphatic hydroxyl groups is 3. The first-order valence-electron chi connectivity index (χ1n) is 6.14. The van der Waals surface area contributed by atoms with Crippen molar-refractivity contribution in [2.24, 2.45) is 10.7 Å². The van der Waals surface area contributed by atoms with Crippen LogP contribution in [0.3, 0.4) is 0 Å². The highest BCUT2D eigenvalue weighted by atomic mass is 19.1. The van der Waals surface area contributed by atoms with Crippen LogP contribution < -0.4 is 5.73 Å². The predicted octanol–water partition coefficient (Wildman–Crippen LogP) is -1.19. The van der Waals surface area contributed by atoms with E-state index in [1.807, 2.05) is 0 Å². The molecule has 7 nitrogen and oxygen atoms in total. The molecule has 5 atom stereocenters. The van der Waals surface area contributed by atoms with Crippen LogP contribution in [0.1, 0.15) is 6.42 Å². The van der Waals surface area contributed by atoms with E-state index in [4.69, 9.17) is 10.5 Å². The summed E-state index contributed by atoms with van der Waals surface area (Å²) >= 11 is 0. The summed E-state index contributed by atoms with van der Waals surface area (Å²) in [5.74, 6) is 0.0993. The average molecular weight is 287 g/mol. The fraction of sp³-hybridized carbons (Fsp3) is 0.583. The van der Waals surface area contributed by atoms with Crippen molar-refractivity contribution >= 4 is 5.84 Å². The minimum Gasteiger partial charge on any atom is -0.393 e. The molecule has 8 heteroatoms. The summed E-state index contributed by atoms with van der Waals surface area (Å²) in [6.07, 6.45) is -1.85. The lowest BCUT2D eigenvalue weighted by molar-refractivity contribution is -0.162. The van der Waals surface area contributed by atoms with E-state index in [0.717, 1.165) is 4.90 Å². The van der Waals surface area contributed by atoms with Crippen molar-refractivity contribution in [3.63, 3.8) is 0 Å². The molecular weight excluding hydrogens is 269 g/mol. The molecule has 112 valence electrons. The molecule has 0 bridgehead atoms. The number of alkyl halides is 1. The highest BCUT2D eigenvalue weighted by molar-refractivity contribution is 5.91. The maximum Gasteiger partial charge on any atom is 0.229 e. The normalized spacial score (nSPS) is 40.8. The van der Waals surface area contributed by atoms with E-state index in [1.165, 1.54) is 18.4 Å². The molecule has 0 spiro atoms. The Morgan fingerprint density at radius 2 is 2.30 bits per heavy atom. The van der Waals surface area contributed by atoms with Gasteiger partial charge in [-0.05, 0) is 12.5 Å². The van der Waals surface area contributed by atoms with Crippen molar-refractivity contribution in [1.82, 2.24) is 4.90 Å². The molecule has 0 aromatic rings. The first-order chi connectivity index (χ1) is 9.45. The highest BCUT2D eigenvalue weighted by Gasteiger charge is 2.56. The largest absolute Gasteiger partial charge is 0.393 e. The van der Waals surface area contributed by atoms with E-state index >= 15 is 0 Å². The lowest BCUT2D eigenvalue weighted by atomic mass is 9.93. The summed E-state index contributed by atoms with van der Waals surface area (Å²) in [4.78, 5) is 4.75. The number of hydrogen-bond acceptors (Lipinski definition) is 7. The van der Waals surface area contributed by atoms with Crippen molar-refractivity contribution in [3.8, 4) is 0 Å². The van der Waals surface area contributed by atoms with Crippen molar-refractivity contribution in [2.75, 3.05) is 6.61 Å². The third-order valence-corrected chi connectivity index (χ3v) is 3.47. The number of halogens is 1. The zero-order valence-electron chi connectivity index (χ0n) is 10.8. The van der Waals surface area contributed by atoms with Crippen LogP contribution in [0.5, 0.6) is 0 Å². The highest BCUT2D eigenvalue weighted by Crippen LogP contribution is 2.38. The number of hydrogen-bond donors (Lipinski definition) is 4. The van der Waals surface area contributed by atoms with Gasteiger partial charge in [-0.25, -0.2) is 9.38 Å². The van der Waals surface area contributed by atoms with Crippen LogP contribution in [0.25, 0.3) is 0 Å². The lowest BCUT2D eigenvalue weighted by Gasteiger charge is -2.33. The Kier molecular flexibility index (Phi) is 4.09. The maximum atomic E-state index is 14.3. The Bertz CT molecular complexity index is 444. The quantitative estimate of drug-likeness (QED) is 0.484. The number of nitrogens with zero attached hydrogens (tertiary/aromatic N) is 2. The number of nitrogens with two attached hydrogens (primary N) is 1. The van der Waals surface area contributed by atoms with E-state index in [0.29, 0.717) is 0 Å². The van der Waals surface area contributed by atoms with Gasteiger partial charge in [0.15, 0.2) is 12.4 Å². The first-order valence-corrected chi connectivity index (χ1v) is 6.14. The molecule has 0 radical (unpaired) electrons. The van der Waals surface area contributed by atoms with Crippen LogP contribution in [0, 0.1) is 0 Å². The Labute approximate surface area is 115 Å². The molecule has 0 aromatic carbocycles. The molecule has 1 unspecified atom stereocenters. The second-order valence-corrected chi connectivity index (χ2v) is 4.78. The SMILES string of the molecule is C=CC[C@]1(CO)O[C@@H](N2C=CC(N)=NC2O)[C@H](F)[C@@H]1O. The molecule has 0 amide bonds. The minimum atomic E-state index is -1.82.